The van der Waals surface area contributed by atoms with Gasteiger partial charge in [0, 0.05) is 46.9 Å². The quantitative estimate of drug-likeness (QED) is 0.168. The van der Waals surface area contributed by atoms with Gasteiger partial charge in [-0.15, -0.1) is 0 Å². The van der Waals surface area contributed by atoms with Crippen LogP contribution in [0.4, 0.5) is 0 Å². The summed E-state index contributed by atoms with van der Waals surface area (Å²) in [6.45, 7) is 0. The van der Waals surface area contributed by atoms with E-state index in [1.54, 1.807) is 12.1 Å². The number of aromatic hydroxyl groups is 6. The minimum Gasteiger partial charge on any atom is -0.508 e. The van der Waals surface area contributed by atoms with Crippen molar-refractivity contribution in [1.82, 2.24) is 0 Å². The first-order valence-corrected chi connectivity index (χ1v) is 12.7. The first-order valence-electron chi connectivity index (χ1n) is 12.7. The Morgan fingerprint density at radius 1 is 0.659 bits per heavy atom. The number of aliphatic hydroxyl groups excluding tert-OH is 2. The summed E-state index contributed by atoms with van der Waals surface area (Å²) < 4.78 is 18.7. The first-order chi connectivity index (χ1) is 19.6. The third-order valence-electron chi connectivity index (χ3n) is 7.92. The van der Waals surface area contributed by atoms with E-state index in [2.05, 4.69) is 0 Å². The zero-order chi connectivity index (χ0) is 28.8. The van der Waals surface area contributed by atoms with Crippen LogP contribution >= 0.6 is 0 Å². The molecule has 0 radical (unpaired) electrons. The van der Waals surface area contributed by atoms with Gasteiger partial charge in [0.05, 0.1) is 12.0 Å². The van der Waals surface area contributed by atoms with E-state index in [0.717, 1.165) is 12.1 Å². The largest absolute Gasteiger partial charge is 0.508 e. The number of phenolic OH excluding ortho intramolecular Hbond substituents is 6. The molecule has 0 amide bonds. The molecule has 4 aromatic rings. The van der Waals surface area contributed by atoms with Gasteiger partial charge in [-0.05, 0) is 35.9 Å². The van der Waals surface area contributed by atoms with E-state index in [1.807, 2.05) is 0 Å². The molecule has 5 atom stereocenters. The second-order valence-electron chi connectivity index (χ2n) is 10.4. The Bertz CT molecular complexity index is 1720. The van der Waals surface area contributed by atoms with Crippen LogP contribution in [0.3, 0.4) is 0 Å². The maximum absolute atomic E-state index is 11.9. The molecule has 2 bridgehead atoms. The van der Waals surface area contributed by atoms with Crippen LogP contribution in [0.25, 0.3) is 0 Å². The Hall–Kier alpha value is -5.00. The Morgan fingerprint density at radius 3 is 2.07 bits per heavy atom. The molecular formula is C30H24O11. The highest BCUT2D eigenvalue weighted by molar-refractivity contribution is 5.68. The van der Waals surface area contributed by atoms with Crippen LogP contribution in [0.15, 0.2) is 60.7 Å². The number of fused-ring (bicyclic) bond motifs is 8. The van der Waals surface area contributed by atoms with E-state index in [0.29, 0.717) is 5.56 Å². The fourth-order valence-corrected chi connectivity index (χ4v) is 6.04. The van der Waals surface area contributed by atoms with Gasteiger partial charge in [0.2, 0.25) is 0 Å². The topological polar surface area (TPSA) is 190 Å². The second-order valence-corrected chi connectivity index (χ2v) is 10.4. The molecule has 0 aromatic heterocycles. The molecule has 3 heterocycles. The van der Waals surface area contributed by atoms with Crippen LogP contribution in [0, 0.1) is 0 Å². The monoisotopic (exact) mass is 560 g/mol. The summed E-state index contributed by atoms with van der Waals surface area (Å²) in [5.74, 6) is -4.89. The number of phenols is 6. The molecule has 11 nitrogen and oxygen atoms in total. The van der Waals surface area contributed by atoms with Crippen molar-refractivity contribution in [1.29, 1.82) is 0 Å². The molecule has 41 heavy (non-hydrogen) atoms. The van der Waals surface area contributed by atoms with Gasteiger partial charge < -0.3 is 55.1 Å². The van der Waals surface area contributed by atoms with E-state index >= 15 is 0 Å². The van der Waals surface area contributed by atoms with Gasteiger partial charge in [-0.2, -0.15) is 0 Å². The summed E-state index contributed by atoms with van der Waals surface area (Å²) in [6, 6.07) is 13.4. The van der Waals surface area contributed by atoms with E-state index in [9.17, 15) is 40.9 Å². The van der Waals surface area contributed by atoms with Gasteiger partial charge in [-0.3, -0.25) is 0 Å². The van der Waals surface area contributed by atoms with Crippen LogP contribution in [-0.2, 0) is 12.2 Å². The molecule has 3 aliphatic rings. The van der Waals surface area contributed by atoms with Crippen molar-refractivity contribution >= 4 is 0 Å². The highest BCUT2D eigenvalue weighted by atomic mass is 16.7. The maximum atomic E-state index is 11.9. The Balaban J connectivity index is 1.48. The molecule has 0 spiro atoms. The third kappa shape index (κ3) is 3.52. The predicted octanol–water partition coefficient (Wildman–Crippen LogP) is 3.09. The molecule has 4 aromatic carbocycles. The SMILES string of the molecule is Oc1ccc(C2Oc3c(c(O)cc4c3C3c5c(O)cc(O)cc5O[C@@](c5ccc(O)c(O)c5)(O4)[C@@H]3O)C[C@@H]2O)cc1. The predicted molar refractivity (Wildman–Crippen MR) is 140 cm³/mol. The maximum Gasteiger partial charge on any atom is 0.305 e. The summed E-state index contributed by atoms with van der Waals surface area (Å²) in [6.07, 6.45) is -3.60. The van der Waals surface area contributed by atoms with Crippen LogP contribution in [0.2, 0.25) is 0 Å². The fraction of sp³-hybridized carbons (Fsp3) is 0.200. The van der Waals surface area contributed by atoms with E-state index in [4.69, 9.17) is 14.2 Å². The van der Waals surface area contributed by atoms with E-state index < -0.39 is 41.5 Å². The Morgan fingerprint density at radius 2 is 1.37 bits per heavy atom. The first kappa shape index (κ1) is 25.0. The lowest BCUT2D eigenvalue weighted by molar-refractivity contribution is -0.219. The summed E-state index contributed by atoms with van der Waals surface area (Å²) in [4.78, 5) is 0. The average molecular weight is 561 g/mol. The van der Waals surface area contributed by atoms with Crippen LogP contribution < -0.4 is 14.2 Å². The van der Waals surface area contributed by atoms with Crippen molar-refractivity contribution in [3.63, 3.8) is 0 Å². The molecule has 2 unspecified atom stereocenters. The second kappa shape index (κ2) is 8.50. The molecule has 7 rings (SSSR count). The number of aliphatic hydroxyl groups is 2. The van der Waals surface area contributed by atoms with Crippen molar-refractivity contribution in [2.45, 2.75) is 36.4 Å². The number of rotatable bonds is 2. The molecule has 0 saturated carbocycles. The standard InChI is InChI=1S/C30H24O11/c31-14-4-1-12(2-5-14)27-21(37)10-16-18(34)11-23-25(28(16)39-27)26-24-20(36)8-15(32)9-22(24)40-30(41-23,29(26)38)13-3-6-17(33)19(35)7-13/h1-9,11,21,26-27,29,31-38H,10H2/t21-,26?,27?,29+,30-/m0/s1. The third-order valence-corrected chi connectivity index (χ3v) is 7.92. The minimum atomic E-state index is -2.05. The van der Waals surface area contributed by atoms with Crippen molar-refractivity contribution in [2.75, 3.05) is 0 Å². The highest BCUT2D eigenvalue weighted by Gasteiger charge is 2.60. The number of ether oxygens (including phenoxy) is 3. The molecule has 0 fully saturated rings. The zero-order valence-electron chi connectivity index (χ0n) is 21.1. The Labute approximate surface area is 231 Å². The fourth-order valence-electron chi connectivity index (χ4n) is 6.04. The minimum absolute atomic E-state index is 0.0231. The van der Waals surface area contributed by atoms with Crippen LogP contribution in [-0.4, -0.2) is 53.1 Å². The summed E-state index contributed by atoms with van der Waals surface area (Å²) in [5, 5.41) is 85.0. The molecule has 0 aliphatic carbocycles. The molecule has 210 valence electrons. The van der Waals surface area contributed by atoms with Crippen molar-refractivity contribution in [3.05, 3.63) is 88.5 Å². The lowest BCUT2D eigenvalue weighted by Gasteiger charge is -2.50. The number of hydrogen-bond acceptors (Lipinski definition) is 11. The van der Waals surface area contributed by atoms with Crippen LogP contribution in [0.5, 0.6) is 51.7 Å². The van der Waals surface area contributed by atoms with Crippen molar-refractivity contribution < 1.29 is 55.1 Å². The molecule has 3 aliphatic heterocycles. The van der Waals surface area contributed by atoms with Crippen molar-refractivity contribution in [2.24, 2.45) is 0 Å². The van der Waals surface area contributed by atoms with Gasteiger partial charge in [-0.1, -0.05) is 12.1 Å². The molecule has 11 heteroatoms. The lowest BCUT2D eigenvalue weighted by atomic mass is 9.74. The summed E-state index contributed by atoms with van der Waals surface area (Å²) in [7, 11) is 0. The van der Waals surface area contributed by atoms with Gasteiger partial charge in [0.25, 0.3) is 0 Å². The number of hydrogen-bond donors (Lipinski definition) is 8. The molecule has 8 N–H and O–H groups in total. The normalized spacial score (nSPS) is 25.5. The summed E-state index contributed by atoms with van der Waals surface area (Å²) in [5.41, 5.74) is 1.26. The van der Waals surface area contributed by atoms with E-state index in [1.165, 1.54) is 36.4 Å². The van der Waals surface area contributed by atoms with E-state index in [-0.39, 0.29) is 68.9 Å². The molecular weight excluding hydrogens is 536 g/mol. The van der Waals surface area contributed by atoms with Crippen LogP contribution in [0.1, 0.15) is 39.8 Å². The summed E-state index contributed by atoms with van der Waals surface area (Å²) >= 11 is 0. The van der Waals surface area contributed by atoms with Gasteiger partial charge >= 0.3 is 5.79 Å². The lowest BCUT2D eigenvalue weighted by Crippen LogP contribution is -2.57. The van der Waals surface area contributed by atoms with Crippen molar-refractivity contribution in [3.8, 4) is 51.7 Å². The smallest absolute Gasteiger partial charge is 0.305 e. The van der Waals surface area contributed by atoms with Gasteiger partial charge in [0.1, 0.15) is 52.5 Å². The van der Waals surface area contributed by atoms with Gasteiger partial charge in [0.15, 0.2) is 11.5 Å². The Kier molecular flexibility index (Phi) is 5.18. The molecule has 0 saturated heterocycles. The number of benzene rings is 4. The zero-order valence-corrected chi connectivity index (χ0v) is 21.1. The van der Waals surface area contributed by atoms with Gasteiger partial charge in [-0.25, -0.2) is 0 Å². The average Bonchev–Trinajstić information content (AvgIpc) is 2.91. The highest BCUT2D eigenvalue weighted by Crippen LogP contribution is 2.62.